The highest BCUT2D eigenvalue weighted by molar-refractivity contribution is 5.50. The molecule has 0 aromatic heterocycles. The van der Waals surface area contributed by atoms with Gasteiger partial charge in [-0.05, 0) is 40.8 Å². The van der Waals surface area contributed by atoms with E-state index >= 15 is 0 Å². The molecule has 0 aliphatic carbocycles. The standard InChI is InChI=1S/C15H23NO2/c1-10(16-5)11(2)17-13-8-6-7-12-9-15(3,4)18-14(12)13/h6-8,10-11,16H,9H2,1-5H3. The Labute approximate surface area is 109 Å². The smallest absolute Gasteiger partial charge is 0.165 e. The first-order valence-electron chi connectivity index (χ1n) is 6.58. The number of ether oxygens (including phenoxy) is 2. The molecular weight excluding hydrogens is 226 g/mol. The summed E-state index contributed by atoms with van der Waals surface area (Å²) in [5.74, 6) is 1.77. The van der Waals surface area contributed by atoms with Gasteiger partial charge in [-0.1, -0.05) is 12.1 Å². The normalized spacial score (nSPS) is 19.8. The van der Waals surface area contributed by atoms with E-state index in [0.717, 1.165) is 17.9 Å². The largest absolute Gasteiger partial charge is 0.485 e. The topological polar surface area (TPSA) is 30.5 Å². The van der Waals surface area contributed by atoms with Crippen molar-refractivity contribution in [1.82, 2.24) is 5.32 Å². The molecule has 0 radical (unpaired) electrons. The van der Waals surface area contributed by atoms with Gasteiger partial charge in [0.25, 0.3) is 0 Å². The first kappa shape index (κ1) is 13.2. The molecule has 18 heavy (non-hydrogen) atoms. The van der Waals surface area contributed by atoms with Gasteiger partial charge < -0.3 is 14.8 Å². The molecule has 0 amide bonds. The fourth-order valence-corrected chi connectivity index (χ4v) is 2.22. The van der Waals surface area contributed by atoms with Crippen LogP contribution in [0.1, 0.15) is 33.3 Å². The molecule has 100 valence electrons. The van der Waals surface area contributed by atoms with Crippen LogP contribution < -0.4 is 14.8 Å². The summed E-state index contributed by atoms with van der Waals surface area (Å²) in [7, 11) is 1.94. The highest BCUT2D eigenvalue weighted by Gasteiger charge is 2.32. The molecule has 0 spiro atoms. The summed E-state index contributed by atoms with van der Waals surface area (Å²) in [6.07, 6.45) is 1.05. The quantitative estimate of drug-likeness (QED) is 0.890. The van der Waals surface area contributed by atoms with Crippen LogP contribution in [0, 0.1) is 0 Å². The minimum absolute atomic E-state index is 0.105. The van der Waals surface area contributed by atoms with Gasteiger partial charge in [0.1, 0.15) is 11.7 Å². The molecular formula is C15H23NO2. The highest BCUT2D eigenvalue weighted by atomic mass is 16.5. The molecule has 0 fully saturated rings. The number of nitrogens with one attached hydrogen (secondary N) is 1. The molecule has 2 unspecified atom stereocenters. The molecule has 3 nitrogen and oxygen atoms in total. The molecule has 1 aromatic carbocycles. The Morgan fingerprint density at radius 3 is 2.72 bits per heavy atom. The molecule has 0 bridgehead atoms. The minimum Gasteiger partial charge on any atom is -0.485 e. The van der Waals surface area contributed by atoms with Crippen molar-refractivity contribution in [3.05, 3.63) is 23.8 Å². The van der Waals surface area contributed by atoms with Crippen molar-refractivity contribution in [1.29, 1.82) is 0 Å². The van der Waals surface area contributed by atoms with Crippen molar-refractivity contribution < 1.29 is 9.47 Å². The Bertz CT molecular complexity index is 429. The summed E-state index contributed by atoms with van der Waals surface area (Å²) in [6, 6.07) is 6.44. The molecule has 1 aliphatic rings. The summed E-state index contributed by atoms with van der Waals surface area (Å²) in [5, 5.41) is 3.20. The molecule has 1 heterocycles. The van der Waals surface area contributed by atoms with Gasteiger partial charge in [0.15, 0.2) is 11.5 Å². The van der Waals surface area contributed by atoms with Crippen molar-refractivity contribution in [3.8, 4) is 11.5 Å². The van der Waals surface area contributed by atoms with E-state index in [2.05, 4.69) is 39.1 Å². The third kappa shape index (κ3) is 2.61. The van der Waals surface area contributed by atoms with Crippen molar-refractivity contribution in [2.45, 2.75) is 51.9 Å². The van der Waals surface area contributed by atoms with Crippen LogP contribution in [-0.4, -0.2) is 24.8 Å². The zero-order chi connectivity index (χ0) is 13.3. The Morgan fingerprint density at radius 2 is 2.06 bits per heavy atom. The maximum atomic E-state index is 6.02. The molecule has 3 heteroatoms. The summed E-state index contributed by atoms with van der Waals surface area (Å²) in [4.78, 5) is 0. The van der Waals surface area contributed by atoms with E-state index in [-0.39, 0.29) is 11.7 Å². The molecule has 1 aromatic rings. The SMILES string of the molecule is CNC(C)C(C)Oc1cccc2c1OC(C)(C)C2. The Morgan fingerprint density at radius 1 is 1.33 bits per heavy atom. The maximum Gasteiger partial charge on any atom is 0.165 e. The van der Waals surface area contributed by atoms with Crippen LogP contribution in [0.3, 0.4) is 0 Å². The van der Waals surface area contributed by atoms with Crippen molar-refractivity contribution in [2.75, 3.05) is 7.05 Å². The van der Waals surface area contributed by atoms with E-state index < -0.39 is 0 Å². The Kier molecular flexibility index (Phi) is 3.53. The number of para-hydroxylation sites is 1. The van der Waals surface area contributed by atoms with E-state index in [1.165, 1.54) is 5.56 Å². The van der Waals surface area contributed by atoms with Crippen molar-refractivity contribution in [2.24, 2.45) is 0 Å². The van der Waals surface area contributed by atoms with Crippen LogP contribution in [0.2, 0.25) is 0 Å². The predicted molar refractivity (Wildman–Crippen MR) is 73.5 cm³/mol. The van der Waals surface area contributed by atoms with Gasteiger partial charge in [-0.3, -0.25) is 0 Å². The first-order chi connectivity index (χ1) is 8.43. The third-order valence-corrected chi connectivity index (χ3v) is 3.53. The Hall–Kier alpha value is -1.22. The van der Waals surface area contributed by atoms with Crippen LogP contribution in [0.15, 0.2) is 18.2 Å². The summed E-state index contributed by atoms with van der Waals surface area (Å²) < 4.78 is 12.0. The van der Waals surface area contributed by atoms with Crippen molar-refractivity contribution in [3.63, 3.8) is 0 Å². The summed E-state index contributed by atoms with van der Waals surface area (Å²) in [5.41, 5.74) is 1.11. The zero-order valence-electron chi connectivity index (χ0n) is 11.9. The average Bonchev–Trinajstić information content (AvgIpc) is 2.63. The number of rotatable bonds is 4. The average molecular weight is 249 g/mol. The van der Waals surface area contributed by atoms with Crippen LogP contribution in [0.4, 0.5) is 0 Å². The lowest BCUT2D eigenvalue weighted by Crippen LogP contribution is -2.36. The van der Waals surface area contributed by atoms with Gasteiger partial charge in [-0.25, -0.2) is 0 Å². The fraction of sp³-hybridized carbons (Fsp3) is 0.600. The van der Waals surface area contributed by atoms with Gasteiger partial charge in [0.2, 0.25) is 0 Å². The van der Waals surface area contributed by atoms with E-state index in [1.54, 1.807) is 0 Å². The van der Waals surface area contributed by atoms with Gasteiger partial charge in [0, 0.05) is 18.0 Å². The summed E-state index contributed by atoms with van der Waals surface area (Å²) in [6.45, 7) is 8.39. The molecule has 0 saturated carbocycles. The second-order valence-corrected chi connectivity index (χ2v) is 5.68. The second kappa shape index (κ2) is 4.81. The number of hydrogen-bond acceptors (Lipinski definition) is 3. The molecule has 1 N–H and O–H groups in total. The van der Waals surface area contributed by atoms with Gasteiger partial charge in [0.05, 0.1) is 0 Å². The lowest BCUT2D eigenvalue weighted by atomic mass is 10.0. The van der Waals surface area contributed by atoms with Crippen LogP contribution in [-0.2, 0) is 6.42 Å². The molecule has 2 rings (SSSR count). The van der Waals surface area contributed by atoms with Crippen molar-refractivity contribution >= 4 is 0 Å². The van der Waals surface area contributed by atoms with E-state index in [1.807, 2.05) is 19.2 Å². The lowest BCUT2D eigenvalue weighted by molar-refractivity contribution is 0.122. The number of hydrogen-bond donors (Lipinski definition) is 1. The maximum absolute atomic E-state index is 6.02. The minimum atomic E-state index is -0.125. The van der Waals surface area contributed by atoms with Gasteiger partial charge >= 0.3 is 0 Å². The second-order valence-electron chi connectivity index (χ2n) is 5.68. The molecule has 1 aliphatic heterocycles. The number of benzene rings is 1. The predicted octanol–water partition coefficient (Wildman–Crippen LogP) is 2.78. The zero-order valence-corrected chi connectivity index (χ0v) is 11.9. The van der Waals surface area contributed by atoms with Crippen LogP contribution in [0.5, 0.6) is 11.5 Å². The van der Waals surface area contributed by atoms with Gasteiger partial charge in [-0.15, -0.1) is 0 Å². The molecule has 2 atom stereocenters. The first-order valence-corrected chi connectivity index (χ1v) is 6.58. The summed E-state index contributed by atoms with van der Waals surface area (Å²) >= 11 is 0. The Balaban J connectivity index is 2.19. The van der Waals surface area contributed by atoms with E-state index in [4.69, 9.17) is 9.47 Å². The monoisotopic (exact) mass is 249 g/mol. The number of fused-ring (bicyclic) bond motifs is 1. The van der Waals surface area contributed by atoms with E-state index in [0.29, 0.717) is 6.04 Å². The molecule has 0 saturated heterocycles. The lowest BCUT2D eigenvalue weighted by Gasteiger charge is -2.23. The number of likely N-dealkylation sites (N-methyl/N-ethyl adjacent to an activating group) is 1. The fourth-order valence-electron chi connectivity index (χ4n) is 2.22. The third-order valence-electron chi connectivity index (χ3n) is 3.53. The van der Waals surface area contributed by atoms with Gasteiger partial charge in [-0.2, -0.15) is 0 Å². The van der Waals surface area contributed by atoms with E-state index in [9.17, 15) is 0 Å². The van der Waals surface area contributed by atoms with Crippen LogP contribution >= 0.6 is 0 Å². The van der Waals surface area contributed by atoms with Crippen LogP contribution in [0.25, 0.3) is 0 Å². The highest BCUT2D eigenvalue weighted by Crippen LogP contribution is 2.42.